The monoisotopic (exact) mass is 636 g/mol. The summed E-state index contributed by atoms with van der Waals surface area (Å²) < 4.78 is 12.8. The predicted octanol–water partition coefficient (Wildman–Crippen LogP) is 6.32. The summed E-state index contributed by atoms with van der Waals surface area (Å²) in [6, 6.07) is 3.75. The number of imidazole rings is 1. The van der Waals surface area contributed by atoms with Crippen LogP contribution in [0, 0.1) is 11.8 Å². The highest BCUT2D eigenvalue weighted by molar-refractivity contribution is 6.30. The smallest absolute Gasteiger partial charge is 0.439 e. The van der Waals surface area contributed by atoms with Gasteiger partial charge < -0.3 is 19.1 Å². The lowest BCUT2D eigenvalue weighted by atomic mass is 9.79. The van der Waals surface area contributed by atoms with E-state index < -0.39 is 11.4 Å². The normalized spacial score (nSPS) is 21.7. The molecule has 1 aliphatic heterocycles. The van der Waals surface area contributed by atoms with Crippen LogP contribution in [-0.2, 0) is 4.74 Å². The van der Waals surface area contributed by atoms with E-state index >= 15 is 0 Å². The molecule has 0 aromatic carbocycles. The van der Waals surface area contributed by atoms with Crippen LogP contribution >= 0.6 is 11.6 Å². The summed E-state index contributed by atoms with van der Waals surface area (Å²) in [5.74, 6) is 1.53. The molecule has 1 N–H and O–H groups in total. The van der Waals surface area contributed by atoms with Gasteiger partial charge >= 0.3 is 11.8 Å². The zero-order valence-corrected chi connectivity index (χ0v) is 27.5. The summed E-state index contributed by atoms with van der Waals surface area (Å²) in [6.45, 7) is 13.9. The molecule has 1 amide bonds. The fourth-order valence-electron chi connectivity index (χ4n) is 6.63. The van der Waals surface area contributed by atoms with Crippen molar-refractivity contribution in [2.24, 2.45) is 11.8 Å². The molecule has 1 saturated carbocycles. The second kappa shape index (κ2) is 12.1. The van der Waals surface area contributed by atoms with Crippen molar-refractivity contribution < 1.29 is 14.1 Å². The van der Waals surface area contributed by atoms with Gasteiger partial charge in [-0.1, -0.05) is 36.5 Å². The van der Waals surface area contributed by atoms with E-state index in [4.69, 9.17) is 30.8 Å². The van der Waals surface area contributed by atoms with E-state index in [1.54, 1.807) is 17.3 Å². The van der Waals surface area contributed by atoms with E-state index in [2.05, 4.69) is 45.4 Å². The molecule has 1 aliphatic carbocycles. The molecule has 2 unspecified atom stereocenters. The van der Waals surface area contributed by atoms with Crippen LogP contribution in [0.3, 0.4) is 0 Å². The number of carbonyl (C=O) groups excluding carboxylic acids is 1. The average Bonchev–Trinajstić information content (AvgIpc) is 3.59. The molecular formula is C32H41ClN8O4. The molecule has 5 heterocycles. The van der Waals surface area contributed by atoms with Gasteiger partial charge in [0.25, 0.3) is 0 Å². The van der Waals surface area contributed by atoms with Gasteiger partial charge in [0, 0.05) is 49.7 Å². The van der Waals surface area contributed by atoms with Crippen molar-refractivity contribution in [3.8, 4) is 22.8 Å². The number of halogens is 1. The Labute approximate surface area is 267 Å². The third-order valence-electron chi connectivity index (χ3n) is 9.00. The third kappa shape index (κ3) is 6.43. The van der Waals surface area contributed by atoms with E-state index in [0.29, 0.717) is 47.5 Å². The molecule has 12 nitrogen and oxygen atoms in total. The fraction of sp³-hybridized carbons (Fsp3) is 0.562. The molecule has 13 heteroatoms. The van der Waals surface area contributed by atoms with Crippen LogP contribution in [0.4, 0.5) is 10.7 Å². The summed E-state index contributed by atoms with van der Waals surface area (Å²) in [4.78, 5) is 46.1. The highest BCUT2D eigenvalue weighted by atomic mass is 35.5. The minimum atomic E-state index is -0.666. The Kier molecular flexibility index (Phi) is 8.36. The molecule has 0 radical (unpaired) electrons. The largest absolute Gasteiger partial charge is 0.444 e. The number of pyridine rings is 2. The lowest BCUT2D eigenvalue weighted by Crippen LogP contribution is -2.55. The van der Waals surface area contributed by atoms with Gasteiger partial charge in [-0.25, -0.2) is 19.6 Å². The van der Waals surface area contributed by atoms with Gasteiger partial charge in [-0.3, -0.25) is 14.5 Å². The minimum absolute atomic E-state index is 0.0315. The first kappa shape index (κ1) is 31.1. The molecule has 0 bridgehead atoms. The van der Waals surface area contributed by atoms with Crippen LogP contribution in [-0.4, -0.2) is 71.9 Å². The first-order chi connectivity index (χ1) is 21.4. The van der Waals surface area contributed by atoms with E-state index in [-0.39, 0.29) is 24.0 Å². The van der Waals surface area contributed by atoms with Crippen molar-refractivity contribution in [3.63, 3.8) is 0 Å². The Balaban J connectivity index is 1.50. The van der Waals surface area contributed by atoms with Gasteiger partial charge in [0.15, 0.2) is 0 Å². The Morgan fingerprint density at radius 2 is 1.87 bits per heavy atom. The summed E-state index contributed by atoms with van der Waals surface area (Å²) in [5, 5.41) is 4.38. The van der Waals surface area contributed by atoms with Gasteiger partial charge in [0.05, 0.1) is 21.7 Å². The van der Waals surface area contributed by atoms with Crippen LogP contribution in [0.5, 0.6) is 0 Å². The lowest BCUT2D eigenvalue weighted by Gasteiger charge is -2.42. The molecular weight excluding hydrogens is 596 g/mol. The van der Waals surface area contributed by atoms with Crippen molar-refractivity contribution >= 4 is 34.7 Å². The first-order valence-corrected chi connectivity index (χ1v) is 16.1. The van der Waals surface area contributed by atoms with Gasteiger partial charge in [-0.05, 0) is 71.4 Å². The summed E-state index contributed by atoms with van der Waals surface area (Å²) in [7, 11) is 0. The maximum absolute atomic E-state index is 13.0. The summed E-state index contributed by atoms with van der Waals surface area (Å²) in [5.41, 5.74) is 2.77. The Hall–Kier alpha value is -3.93. The molecule has 0 spiro atoms. The lowest BCUT2D eigenvalue weighted by molar-refractivity contribution is 0.0217. The van der Waals surface area contributed by atoms with Crippen molar-refractivity contribution in [2.75, 3.05) is 24.5 Å². The zero-order chi connectivity index (χ0) is 32.0. The van der Waals surface area contributed by atoms with Gasteiger partial charge in [0.2, 0.25) is 11.8 Å². The van der Waals surface area contributed by atoms with Crippen molar-refractivity contribution in [1.29, 1.82) is 0 Å². The zero-order valence-electron chi connectivity index (χ0n) is 26.7. The van der Waals surface area contributed by atoms with Crippen molar-refractivity contribution in [2.45, 2.75) is 84.9 Å². The van der Waals surface area contributed by atoms with Crippen molar-refractivity contribution in [3.05, 3.63) is 40.1 Å². The van der Waals surface area contributed by atoms with Crippen LogP contribution < -0.4 is 10.7 Å². The number of nitrogens with zero attached hydrogens (tertiary/aromatic N) is 7. The highest BCUT2D eigenvalue weighted by Gasteiger charge is 2.36. The molecule has 2 atom stereocenters. The first-order valence-electron chi connectivity index (χ1n) is 15.7. The van der Waals surface area contributed by atoms with Crippen molar-refractivity contribution in [1.82, 2.24) is 34.6 Å². The molecule has 4 aromatic rings. The third-order valence-corrected chi connectivity index (χ3v) is 9.20. The summed E-state index contributed by atoms with van der Waals surface area (Å²) >= 11 is 6.43. The molecule has 45 heavy (non-hydrogen) atoms. The number of nitrogens with one attached hydrogen (secondary N) is 1. The number of aromatic nitrogens is 6. The Bertz CT molecular complexity index is 1750. The Morgan fingerprint density at radius 3 is 2.51 bits per heavy atom. The van der Waals surface area contributed by atoms with E-state index in [0.717, 1.165) is 35.8 Å². The number of carbonyl (C=O) groups is 1. The van der Waals surface area contributed by atoms with Crippen LogP contribution in [0.1, 0.15) is 73.3 Å². The number of amides is 1. The quantitative estimate of drug-likeness (QED) is 0.267. The molecule has 240 valence electrons. The molecule has 6 rings (SSSR count). The number of rotatable bonds is 5. The van der Waals surface area contributed by atoms with Gasteiger partial charge in [-0.2, -0.15) is 0 Å². The second-order valence-corrected chi connectivity index (χ2v) is 14.0. The molecule has 2 fully saturated rings. The number of H-pyrrole nitrogens is 1. The predicted molar refractivity (Wildman–Crippen MR) is 172 cm³/mol. The second-order valence-electron chi connectivity index (χ2n) is 13.6. The van der Waals surface area contributed by atoms with Gasteiger partial charge in [0.1, 0.15) is 11.3 Å². The maximum Gasteiger partial charge on any atom is 0.439 e. The number of ether oxygens (including phenoxy) is 1. The SMILES string of the molecule is CC1CCC(C(C)n2c(N3CCN(C(=O)OC(C)(C)C)CC3C)nc3cc(-c4noc(=O)[nH]4)nc(-c4cncc(Cl)c4)c32)CC1. The fourth-order valence-corrected chi connectivity index (χ4v) is 6.80. The number of piperazine rings is 1. The standard InChI is InChI=1S/C32H41ClN8O4/c1-18-7-9-21(10-8-18)20(3)41-27-24(36-29(41)40-12-11-39(17-19(40)2)31(43)44-32(4,5)6)14-25(28-37-30(42)45-38-28)35-26(27)22-13-23(33)16-34-15-22/h13-16,18-21H,7-12,17H2,1-6H3,(H,37,38,42). The summed E-state index contributed by atoms with van der Waals surface area (Å²) in [6.07, 6.45) is 7.64. The number of anilines is 1. The number of aromatic amines is 1. The Morgan fingerprint density at radius 1 is 1.11 bits per heavy atom. The maximum atomic E-state index is 13.0. The topological polar surface area (TPSA) is 135 Å². The highest BCUT2D eigenvalue weighted by Crippen LogP contribution is 2.42. The van der Waals surface area contributed by atoms with E-state index in [1.165, 1.54) is 12.8 Å². The number of hydrogen-bond donors (Lipinski definition) is 1. The van der Waals surface area contributed by atoms with E-state index in [1.807, 2.05) is 32.9 Å². The number of hydrogen-bond acceptors (Lipinski definition) is 9. The molecule has 4 aromatic heterocycles. The van der Waals surface area contributed by atoms with Crippen LogP contribution in [0.15, 0.2) is 33.8 Å². The van der Waals surface area contributed by atoms with Crippen LogP contribution in [0.2, 0.25) is 5.02 Å². The van der Waals surface area contributed by atoms with Gasteiger partial charge in [-0.15, -0.1) is 0 Å². The average molecular weight is 637 g/mol. The number of fused-ring (bicyclic) bond motifs is 1. The molecule has 2 aliphatic rings. The minimum Gasteiger partial charge on any atom is -0.444 e. The van der Waals surface area contributed by atoms with E-state index in [9.17, 15) is 9.59 Å². The molecule has 1 saturated heterocycles. The van der Waals surface area contributed by atoms with Crippen LogP contribution in [0.25, 0.3) is 33.8 Å².